The first kappa shape index (κ1) is 13.5. The third kappa shape index (κ3) is 3.54. The van der Waals surface area contributed by atoms with E-state index in [1.165, 1.54) is 0 Å². The van der Waals surface area contributed by atoms with E-state index in [1.54, 1.807) is 30.5 Å². The van der Waals surface area contributed by atoms with Gasteiger partial charge in [0.05, 0.1) is 11.3 Å². The number of carbonyl (C=O) groups is 1. The molecule has 4 nitrogen and oxygen atoms in total. The minimum absolute atomic E-state index is 0.148. The molecule has 1 aromatic carbocycles. The van der Waals surface area contributed by atoms with Crippen molar-refractivity contribution >= 4 is 27.6 Å². The van der Waals surface area contributed by atoms with Crippen molar-refractivity contribution in [2.24, 2.45) is 0 Å². The highest BCUT2D eigenvalue weighted by atomic mass is 79.9. The molecule has 0 amide bonds. The molecule has 5 heteroatoms. The first-order chi connectivity index (χ1) is 9.06. The van der Waals surface area contributed by atoms with Crippen LogP contribution in [0.3, 0.4) is 0 Å². The molecule has 0 saturated carbocycles. The minimum atomic E-state index is -0.382. The predicted molar refractivity (Wildman–Crippen MR) is 76.6 cm³/mol. The van der Waals surface area contributed by atoms with Crippen LogP contribution in [-0.4, -0.2) is 11.0 Å². The van der Waals surface area contributed by atoms with Gasteiger partial charge in [-0.2, -0.15) is 0 Å². The fraction of sp³-hybridized carbons (Fsp3) is 0.143. The van der Waals surface area contributed by atoms with Crippen molar-refractivity contribution in [3.05, 3.63) is 57.8 Å². The highest BCUT2D eigenvalue weighted by Crippen LogP contribution is 2.14. The largest absolute Gasteiger partial charge is 0.456 e. The lowest BCUT2D eigenvalue weighted by atomic mass is 10.1. The summed E-state index contributed by atoms with van der Waals surface area (Å²) in [5.74, 6) is -0.382. The van der Waals surface area contributed by atoms with Crippen LogP contribution >= 0.6 is 15.9 Å². The molecule has 0 aliphatic heterocycles. The van der Waals surface area contributed by atoms with Crippen LogP contribution in [0, 0.1) is 6.92 Å². The Morgan fingerprint density at radius 1 is 1.37 bits per heavy atom. The van der Waals surface area contributed by atoms with E-state index in [9.17, 15) is 4.79 Å². The van der Waals surface area contributed by atoms with Crippen LogP contribution in [0.4, 0.5) is 5.69 Å². The smallest absolute Gasteiger partial charge is 0.338 e. The van der Waals surface area contributed by atoms with E-state index in [-0.39, 0.29) is 12.6 Å². The summed E-state index contributed by atoms with van der Waals surface area (Å²) in [6, 6.07) is 8.71. The lowest BCUT2D eigenvalue weighted by Crippen LogP contribution is -2.06. The first-order valence-electron chi connectivity index (χ1n) is 5.70. The standard InChI is InChI=1S/C14H13BrN2O2/c1-9-6-10(2-5-13(9)16)14(18)19-8-12-4-3-11(15)7-17-12/h2-7H,8,16H2,1H3. The van der Waals surface area contributed by atoms with E-state index in [0.717, 1.165) is 10.0 Å². The number of nitrogen functional groups attached to an aromatic ring is 1. The molecule has 1 heterocycles. The number of rotatable bonds is 3. The van der Waals surface area contributed by atoms with Crippen molar-refractivity contribution in [3.63, 3.8) is 0 Å². The quantitative estimate of drug-likeness (QED) is 0.697. The summed E-state index contributed by atoms with van der Waals surface area (Å²) in [6.45, 7) is 2.00. The summed E-state index contributed by atoms with van der Waals surface area (Å²) in [6.07, 6.45) is 1.66. The number of esters is 1. The van der Waals surface area contributed by atoms with E-state index >= 15 is 0 Å². The molecular formula is C14H13BrN2O2. The summed E-state index contributed by atoms with van der Waals surface area (Å²) in [5.41, 5.74) is 8.41. The molecule has 98 valence electrons. The topological polar surface area (TPSA) is 65.2 Å². The maximum Gasteiger partial charge on any atom is 0.338 e. The van der Waals surface area contributed by atoms with Crippen LogP contribution in [-0.2, 0) is 11.3 Å². The SMILES string of the molecule is Cc1cc(C(=O)OCc2ccc(Br)cn2)ccc1N. The second kappa shape index (κ2) is 5.84. The van der Waals surface area contributed by atoms with Crippen LogP contribution in [0.15, 0.2) is 41.0 Å². The predicted octanol–water partition coefficient (Wildman–Crippen LogP) is 3.09. The van der Waals surface area contributed by atoms with Gasteiger partial charge in [-0.05, 0) is 58.7 Å². The number of aromatic nitrogens is 1. The summed E-state index contributed by atoms with van der Waals surface area (Å²) < 4.78 is 6.08. The van der Waals surface area contributed by atoms with Gasteiger partial charge in [-0.3, -0.25) is 4.98 Å². The van der Waals surface area contributed by atoms with Crippen molar-refractivity contribution in [2.75, 3.05) is 5.73 Å². The molecule has 1 aromatic heterocycles. The van der Waals surface area contributed by atoms with E-state index in [2.05, 4.69) is 20.9 Å². The zero-order valence-corrected chi connectivity index (χ0v) is 12.0. The van der Waals surface area contributed by atoms with Crippen LogP contribution < -0.4 is 5.73 Å². The Hall–Kier alpha value is -1.88. The van der Waals surface area contributed by atoms with Crippen LogP contribution in [0.2, 0.25) is 0 Å². The molecule has 2 N–H and O–H groups in total. The van der Waals surface area contributed by atoms with E-state index in [4.69, 9.17) is 10.5 Å². The number of carbonyl (C=O) groups excluding carboxylic acids is 1. The number of hydrogen-bond donors (Lipinski definition) is 1. The van der Waals surface area contributed by atoms with Crippen molar-refractivity contribution in [3.8, 4) is 0 Å². The van der Waals surface area contributed by atoms with Crippen LogP contribution in [0.1, 0.15) is 21.6 Å². The summed E-state index contributed by atoms with van der Waals surface area (Å²) in [7, 11) is 0. The molecule has 2 aromatic rings. The summed E-state index contributed by atoms with van der Waals surface area (Å²) >= 11 is 3.29. The number of ether oxygens (including phenoxy) is 1. The van der Waals surface area contributed by atoms with Gasteiger partial charge in [0.15, 0.2) is 0 Å². The molecule has 0 aliphatic carbocycles. The average molecular weight is 321 g/mol. The number of nitrogens with zero attached hydrogens (tertiary/aromatic N) is 1. The second-order valence-electron chi connectivity index (χ2n) is 4.12. The van der Waals surface area contributed by atoms with Crippen LogP contribution in [0.5, 0.6) is 0 Å². The van der Waals surface area contributed by atoms with Crippen molar-refractivity contribution in [1.82, 2.24) is 4.98 Å². The van der Waals surface area contributed by atoms with Gasteiger partial charge >= 0.3 is 5.97 Å². The zero-order valence-electron chi connectivity index (χ0n) is 10.4. The molecule has 0 aliphatic rings. The Balaban J connectivity index is 2.01. The molecule has 0 unspecified atom stereocenters. The summed E-state index contributed by atoms with van der Waals surface area (Å²) in [5, 5.41) is 0. The molecule has 0 radical (unpaired) electrons. The number of nitrogens with two attached hydrogens (primary N) is 1. The molecule has 0 fully saturated rings. The first-order valence-corrected chi connectivity index (χ1v) is 6.49. The number of halogens is 1. The fourth-order valence-corrected chi connectivity index (χ4v) is 1.75. The van der Waals surface area contributed by atoms with Gasteiger partial charge in [0.2, 0.25) is 0 Å². The van der Waals surface area contributed by atoms with E-state index in [1.807, 2.05) is 13.0 Å². The Labute approximate surface area is 119 Å². The van der Waals surface area contributed by atoms with E-state index in [0.29, 0.717) is 16.9 Å². The molecule has 0 spiro atoms. The highest BCUT2D eigenvalue weighted by Gasteiger charge is 2.09. The molecular weight excluding hydrogens is 308 g/mol. The maximum atomic E-state index is 11.8. The molecule has 0 atom stereocenters. The summed E-state index contributed by atoms with van der Waals surface area (Å²) in [4.78, 5) is 16.0. The van der Waals surface area contributed by atoms with E-state index < -0.39 is 0 Å². The average Bonchev–Trinajstić information content (AvgIpc) is 2.41. The third-order valence-electron chi connectivity index (χ3n) is 2.65. The monoisotopic (exact) mass is 320 g/mol. The lowest BCUT2D eigenvalue weighted by molar-refractivity contribution is 0.0467. The molecule has 2 rings (SSSR count). The Morgan fingerprint density at radius 3 is 2.79 bits per heavy atom. The van der Waals surface area contributed by atoms with Crippen molar-refractivity contribution < 1.29 is 9.53 Å². The lowest BCUT2D eigenvalue weighted by Gasteiger charge is -2.06. The normalized spacial score (nSPS) is 10.2. The second-order valence-corrected chi connectivity index (χ2v) is 5.03. The number of pyridine rings is 1. The fourth-order valence-electron chi connectivity index (χ4n) is 1.52. The highest BCUT2D eigenvalue weighted by molar-refractivity contribution is 9.10. The van der Waals surface area contributed by atoms with Gasteiger partial charge in [0, 0.05) is 16.4 Å². The van der Waals surface area contributed by atoms with Gasteiger partial charge < -0.3 is 10.5 Å². The zero-order chi connectivity index (χ0) is 13.8. The van der Waals surface area contributed by atoms with Gasteiger partial charge in [0.1, 0.15) is 6.61 Å². The Kier molecular flexibility index (Phi) is 4.16. The Morgan fingerprint density at radius 2 is 2.16 bits per heavy atom. The molecule has 0 bridgehead atoms. The molecule has 19 heavy (non-hydrogen) atoms. The van der Waals surface area contributed by atoms with Crippen molar-refractivity contribution in [1.29, 1.82) is 0 Å². The van der Waals surface area contributed by atoms with Gasteiger partial charge in [0.25, 0.3) is 0 Å². The number of aryl methyl sites for hydroxylation is 1. The number of hydrogen-bond acceptors (Lipinski definition) is 4. The maximum absolute atomic E-state index is 11.8. The van der Waals surface area contributed by atoms with Crippen molar-refractivity contribution in [2.45, 2.75) is 13.5 Å². The van der Waals surface area contributed by atoms with Gasteiger partial charge in [-0.15, -0.1) is 0 Å². The van der Waals surface area contributed by atoms with Gasteiger partial charge in [-0.1, -0.05) is 0 Å². The molecule has 0 saturated heterocycles. The number of anilines is 1. The number of benzene rings is 1. The minimum Gasteiger partial charge on any atom is -0.456 e. The third-order valence-corrected chi connectivity index (χ3v) is 3.11. The van der Waals surface area contributed by atoms with Gasteiger partial charge in [-0.25, -0.2) is 4.79 Å². The van der Waals surface area contributed by atoms with Crippen LogP contribution in [0.25, 0.3) is 0 Å². The Bertz CT molecular complexity index is 597.